The lowest BCUT2D eigenvalue weighted by Crippen LogP contribution is -2.24. The first-order chi connectivity index (χ1) is 10.2. The number of rotatable bonds is 8. The van der Waals surface area contributed by atoms with Crippen LogP contribution in [0.4, 0.5) is 0 Å². The van der Waals surface area contributed by atoms with Gasteiger partial charge in [-0.15, -0.1) is 5.10 Å². The molecule has 0 bridgehead atoms. The summed E-state index contributed by atoms with van der Waals surface area (Å²) in [7, 11) is 0. The quantitative estimate of drug-likeness (QED) is 0.813. The minimum absolute atomic E-state index is 0.255. The zero-order valence-corrected chi connectivity index (χ0v) is 14.2. The Bertz CT molecular complexity index is 548. The molecule has 5 nitrogen and oxygen atoms in total. The molecule has 0 saturated heterocycles. The third-order valence-electron chi connectivity index (χ3n) is 3.76. The van der Waals surface area contributed by atoms with Gasteiger partial charge in [0.05, 0.1) is 22.3 Å². The Morgan fingerprint density at radius 2 is 2.19 bits per heavy atom. The normalized spacial score (nSPS) is 14.3. The fourth-order valence-electron chi connectivity index (χ4n) is 2.26. The average Bonchev–Trinajstić information content (AvgIpc) is 3.11. The molecular weight excluding hydrogens is 282 g/mol. The van der Waals surface area contributed by atoms with Gasteiger partial charge in [-0.3, -0.25) is 4.68 Å². The molecule has 0 saturated carbocycles. The Morgan fingerprint density at radius 3 is 2.81 bits per heavy atom. The van der Waals surface area contributed by atoms with E-state index in [0.717, 1.165) is 37.2 Å². The van der Waals surface area contributed by atoms with Gasteiger partial charge >= 0.3 is 0 Å². The Kier molecular flexibility index (Phi) is 5.87. The number of hydrogen-bond acceptors (Lipinski definition) is 5. The predicted molar refractivity (Wildman–Crippen MR) is 86.6 cm³/mol. The average molecular weight is 307 g/mol. The summed E-state index contributed by atoms with van der Waals surface area (Å²) in [4.78, 5) is 1.22. The van der Waals surface area contributed by atoms with Crippen LogP contribution in [0, 0.1) is 6.92 Å². The molecule has 0 fully saturated rings. The highest BCUT2D eigenvalue weighted by molar-refractivity contribution is 7.05. The highest BCUT2D eigenvalue weighted by atomic mass is 32.1. The van der Waals surface area contributed by atoms with Crippen molar-refractivity contribution in [2.75, 3.05) is 6.54 Å². The van der Waals surface area contributed by atoms with E-state index >= 15 is 0 Å². The van der Waals surface area contributed by atoms with Crippen molar-refractivity contribution in [3.63, 3.8) is 0 Å². The lowest BCUT2D eigenvalue weighted by Gasteiger charge is -2.16. The predicted octanol–water partition coefficient (Wildman–Crippen LogP) is 3.30. The van der Waals surface area contributed by atoms with Crippen molar-refractivity contribution in [1.82, 2.24) is 24.7 Å². The summed E-state index contributed by atoms with van der Waals surface area (Å²) in [5, 5.41) is 12.4. The summed E-state index contributed by atoms with van der Waals surface area (Å²) in [6.07, 6.45) is 5.17. The van der Waals surface area contributed by atoms with Crippen LogP contribution in [0.25, 0.3) is 0 Å². The summed E-state index contributed by atoms with van der Waals surface area (Å²) in [6, 6.07) is 2.83. The van der Waals surface area contributed by atoms with Crippen molar-refractivity contribution in [1.29, 1.82) is 0 Å². The third-order valence-corrected chi connectivity index (χ3v) is 4.70. The fourth-order valence-corrected chi connectivity index (χ4v) is 2.98. The molecule has 0 aliphatic rings. The minimum atomic E-state index is 0.255. The largest absolute Gasteiger partial charge is 0.309 e. The molecule has 2 rings (SSSR count). The van der Waals surface area contributed by atoms with Crippen LogP contribution >= 0.6 is 11.5 Å². The maximum Gasteiger partial charge on any atom is 0.0772 e. The first kappa shape index (κ1) is 16.1. The molecule has 0 spiro atoms. The van der Waals surface area contributed by atoms with Crippen molar-refractivity contribution >= 4 is 11.5 Å². The van der Waals surface area contributed by atoms with Crippen molar-refractivity contribution < 1.29 is 0 Å². The van der Waals surface area contributed by atoms with Gasteiger partial charge in [-0.25, -0.2) is 0 Å². The lowest BCUT2D eigenvalue weighted by molar-refractivity contribution is 0.466. The van der Waals surface area contributed by atoms with Crippen molar-refractivity contribution in [2.45, 2.75) is 59.0 Å². The molecule has 0 amide bonds. The van der Waals surface area contributed by atoms with Gasteiger partial charge in [0.1, 0.15) is 0 Å². The summed E-state index contributed by atoms with van der Waals surface area (Å²) in [6.45, 7) is 9.58. The molecule has 0 aliphatic carbocycles. The minimum Gasteiger partial charge on any atom is -0.309 e. The molecule has 2 aromatic rings. The molecule has 6 heteroatoms. The molecule has 21 heavy (non-hydrogen) atoms. The van der Waals surface area contributed by atoms with E-state index in [0.29, 0.717) is 6.04 Å². The van der Waals surface area contributed by atoms with Crippen molar-refractivity contribution in [3.05, 3.63) is 28.5 Å². The molecule has 0 radical (unpaired) electrons. The van der Waals surface area contributed by atoms with Crippen LogP contribution in [0.5, 0.6) is 0 Å². The molecule has 116 valence electrons. The van der Waals surface area contributed by atoms with Crippen LogP contribution in [0.1, 0.15) is 62.0 Å². The fraction of sp³-hybridized carbons (Fsp3) is 0.667. The summed E-state index contributed by atoms with van der Waals surface area (Å²) >= 11 is 1.49. The number of nitrogens with one attached hydrogen (secondary N) is 1. The van der Waals surface area contributed by atoms with Crippen LogP contribution in [-0.4, -0.2) is 25.9 Å². The molecule has 2 atom stereocenters. The highest BCUT2D eigenvalue weighted by Gasteiger charge is 2.18. The second-order valence-corrected chi connectivity index (χ2v) is 6.26. The number of nitrogens with zero attached hydrogens (tertiary/aromatic N) is 4. The molecule has 2 unspecified atom stereocenters. The molecule has 2 aromatic heterocycles. The summed E-state index contributed by atoms with van der Waals surface area (Å²) in [5.74, 6) is 0. The van der Waals surface area contributed by atoms with Gasteiger partial charge in [0.25, 0.3) is 0 Å². The lowest BCUT2D eigenvalue weighted by atomic mass is 10.1. The van der Waals surface area contributed by atoms with Crippen LogP contribution in [0.2, 0.25) is 0 Å². The molecule has 0 aliphatic heterocycles. The number of aryl methyl sites for hydroxylation is 1. The van der Waals surface area contributed by atoms with E-state index in [1.807, 2.05) is 6.92 Å². The Morgan fingerprint density at radius 1 is 1.38 bits per heavy atom. The number of aromatic nitrogens is 4. The molecule has 0 aromatic carbocycles. The summed E-state index contributed by atoms with van der Waals surface area (Å²) in [5.41, 5.74) is 2.15. The van der Waals surface area contributed by atoms with Crippen molar-refractivity contribution in [2.24, 2.45) is 0 Å². The summed E-state index contributed by atoms with van der Waals surface area (Å²) < 4.78 is 6.12. The third kappa shape index (κ3) is 4.11. The Balaban J connectivity index is 2.11. The highest BCUT2D eigenvalue weighted by Crippen LogP contribution is 2.23. The van der Waals surface area contributed by atoms with Crippen LogP contribution in [0.3, 0.4) is 0 Å². The van der Waals surface area contributed by atoms with Crippen LogP contribution in [0.15, 0.2) is 12.3 Å². The van der Waals surface area contributed by atoms with Crippen molar-refractivity contribution in [3.8, 4) is 0 Å². The van der Waals surface area contributed by atoms with Gasteiger partial charge in [-0.05, 0) is 50.8 Å². The monoisotopic (exact) mass is 307 g/mol. The van der Waals surface area contributed by atoms with Gasteiger partial charge < -0.3 is 5.32 Å². The van der Waals surface area contributed by atoms with E-state index in [4.69, 9.17) is 5.10 Å². The topological polar surface area (TPSA) is 55.6 Å². The van der Waals surface area contributed by atoms with E-state index in [1.165, 1.54) is 16.4 Å². The maximum absolute atomic E-state index is 4.71. The Labute approximate surface area is 130 Å². The van der Waals surface area contributed by atoms with E-state index in [2.05, 4.69) is 52.6 Å². The van der Waals surface area contributed by atoms with E-state index in [-0.39, 0.29) is 6.04 Å². The van der Waals surface area contributed by atoms with Gasteiger partial charge in [0.2, 0.25) is 0 Å². The zero-order valence-electron chi connectivity index (χ0n) is 13.3. The molecule has 2 heterocycles. The van der Waals surface area contributed by atoms with Gasteiger partial charge in [-0.2, -0.15) is 5.10 Å². The first-order valence-corrected chi connectivity index (χ1v) is 8.49. The molecule has 1 N–H and O–H groups in total. The SMILES string of the molecule is CCCNC(Cc1ccn(C(C)CC)n1)c1snnc1C. The molecular formula is C15H25N5S. The van der Waals surface area contributed by atoms with Gasteiger partial charge in [0, 0.05) is 18.7 Å². The second kappa shape index (κ2) is 7.66. The van der Waals surface area contributed by atoms with Gasteiger partial charge in [-0.1, -0.05) is 18.3 Å². The zero-order chi connectivity index (χ0) is 15.2. The number of hydrogen-bond donors (Lipinski definition) is 1. The second-order valence-electron chi connectivity index (χ2n) is 5.48. The van der Waals surface area contributed by atoms with E-state index in [1.54, 1.807) is 0 Å². The smallest absolute Gasteiger partial charge is 0.0772 e. The standard InChI is InChI=1S/C15H25N5S/c1-5-8-16-14(15-12(4)17-19-21-15)10-13-7-9-20(18-13)11(3)6-2/h7,9,11,14,16H,5-6,8,10H2,1-4H3. The van der Waals surface area contributed by atoms with Crippen LogP contribution in [-0.2, 0) is 6.42 Å². The maximum atomic E-state index is 4.71. The first-order valence-electron chi connectivity index (χ1n) is 7.71. The Hall–Kier alpha value is -1.27. The van der Waals surface area contributed by atoms with E-state index < -0.39 is 0 Å². The van der Waals surface area contributed by atoms with Gasteiger partial charge in [0.15, 0.2) is 0 Å². The van der Waals surface area contributed by atoms with Crippen LogP contribution < -0.4 is 5.32 Å². The van der Waals surface area contributed by atoms with E-state index in [9.17, 15) is 0 Å².